The van der Waals surface area contributed by atoms with Gasteiger partial charge in [-0.1, -0.05) is 0 Å². The maximum absolute atomic E-state index is 12.5. The second-order valence-corrected chi connectivity index (χ2v) is 8.94. The Hall–Kier alpha value is -3.20. The molecule has 0 bridgehead atoms. The zero-order valence-corrected chi connectivity index (χ0v) is 18.3. The van der Waals surface area contributed by atoms with Crippen molar-refractivity contribution < 1.29 is 23.8 Å². The first kappa shape index (κ1) is 20.7. The lowest BCUT2D eigenvalue weighted by molar-refractivity contribution is -0.145. The van der Waals surface area contributed by atoms with Crippen LogP contribution < -0.4 is 15.2 Å². The zero-order chi connectivity index (χ0) is 22.1. The summed E-state index contributed by atoms with van der Waals surface area (Å²) >= 11 is 1.65. The number of thiophene rings is 1. The molecule has 0 saturated heterocycles. The molecule has 2 aromatic heterocycles. The third-order valence-corrected chi connectivity index (χ3v) is 6.86. The number of hydrogen-bond donors (Lipinski definition) is 1. The fourth-order valence-electron chi connectivity index (χ4n) is 4.09. The molecule has 5 rings (SSSR count). The van der Waals surface area contributed by atoms with Gasteiger partial charge < -0.3 is 19.9 Å². The lowest BCUT2D eigenvalue weighted by Crippen LogP contribution is -2.16. The van der Waals surface area contributed by atoms with Crippen LogP contribution in [0.3, 0.4) is 0 Å². The molecule has 2 N–H and O–H groups in total. The van der Waals surface area contributed by atoms with Crippen molar-refractivity contribution in [3.8, 4) is 11.5 Å². The quantitative estimate of drug-likeness (QED) is 0.445. The molecule has 3 aromatic rings. The number of anilines is 1. The summed E-state index contributed by atoms with van der Waals surface area (Å²) in [5.74, 6) is 1.34. The van der Waals surface area contributed by atoms with Gasteiger partial charge in [-0.05, 0) is 49.4 Å². The zero-order valence-electron chi connectivity index (χ0n) is 17.5. The summed E-state index contributed by atoms with van der Waals surface area (Å²) < 4.78 is 16.3. The number of Topliss-reactive ketones (excluding diaryl/α,β-unsaturated/α-hetero) is 1. The molecule has 0 fully saturated rings. The number of nitrogens with zero attached hydrogens (tertiary/aromatic N) is 2. The van der Waals surface area contributed by atoms with E-state index in [1.54, 1.807) is 29.5 Å². The largest absolute Gasteiger partial charge is 0.486 e. The van der Waals surface area contributed by atoms with Crippen molar-refractivity contribution in [3.05, 3.63) is 40.0 Å². The van der Waals surface area contributed by atoms with Crippen LogP contribution in [0.1, 0.15) is 52.3 Å². The van der Waals surface area contributed by atoms with Gasteiger partial charge in [0.15, 0.2) is 29.7 Å². The number of aryl methyl sites for hydroxylation is 2. The van der Waals surface area contributed by atoms with Crippen LogP contribution in [0.15, 0.2) is 18.2 Å². The van der Waals surface area contributed by atoms with Gasteiger partial charge in [-0.25, -0.2) is 9.97 Å². The Morgan fingerprint density at radius 1 is 1.06 bits per heavy atom. The molecule has 3 heterocycles. The van der Waals surface area contributed by atoms with E-state index in [-0.39, 0.29) is 25.2 Å². The van der Waals surface area contributed by atoms with Crippen LogP contribution in [0.25, 0.3) is 10.2 Å². The molecule has 1 aliphatic carbocycles. The van der Waals surface area contributed by atoms with Crippen LogP contribution in [0, 0.1) is 0 Å². The van der Waals surface area contributed by atoms with Crippen molar-refractivity contribution in [1.82, 2.24) is 9.97 Å². The van der Waals surface area contributed by atoms with Crippen molar-refractivity contribution in [1.29, 1.82) is 0 Å². The highest BCUT2D eigenvalue weighted by molar-refractivity contribution is 7.19. The normalized spacial score (nSPS) is 14.8. The van der Waals surface area contributed by atoms with Gasteiger partial charge >= 0.3 is 5.97 Å². The van der Waals surface area contributed by atoms with Gasteiger partial charge in [-0.3, -0.25) is 9.59 Å². The fraction of sp³-hybridized carbons (Fsp3) is 0.391. The van der Waals surface area contributed by atoms with Crippen molar-refractivity contribution in [2.45, 2.75) is 45.1 Å². The predicted molar refractivity (Wildman–Crippen MR) is 119 cm³/mol. The van der Waals surface area contributed by atoms with Gasteiger partial charge in [-0.15, -0.1) is 11.3 Å². The molecule has 2 aliphatic rings. The molecular weight excluding hydrogens is 430 g/mol. The van der Waals surface area contributed by atoms with Crippen molar-refractivity contribution in [3.63, 3.8) is 0 Å². The summed E-state index contributed by atoms with van der Waals surface area (Å²) in [7, 11) is 0. The van der Waals surface area contributed by atoms with Crippen LogP contribution in [0.2, 0.25) is 0 Å². The van der Waals surface area contributed by atoms with Gasteiger partial charge in [0.25, 0.3) is 0 Å². The van der Waals surface area contributed by atoms with Gasteiger partial charge in [-0.2, -0.15) is 0 Å². The number of benzene rings is 1. The summed E-state index contributed by atoms with van der Waals surface area (Å²) in [6.07, 6.45) is 4.41. The number of rotatable bonds is 6. The molecule has 1 aliphatic heterocycles. The number of fused-ring (bicyclic) bond motifs is 4. The molecule has 8 nitrogen and oxygen atoms in total. The van der Waals surface area contributed by atoms with Crippen LogP contribution in [-0.2, 0) is 29.0 Å². The molecule has 0 unspecified atom stereocenters. The van der Waals surface area contributed by atoms with E-state index in [0.29, 0.717) is 41.9 Å². The van der Waals surface area contributed by atoms with Gasteiger partial charge in [0.05, 0.1) is 11.8 Å². The average Bonchev–Trinajstić information content (AvgIpc) is 3.19. The summed E-state index contributed by atoms with van der Waals surface area (Å²) in [5.41, 5.74) is 7.94. The molecule has 1 aromatic carbocycles. The summed E-state index contributed by atoms with van der Waals surface area (Å²) in [6, 6.07) is 5.03. The first-order valence-corrected chi connectivity index (χ1v) is 11.6. The summed E-state index contributed by atoms with van der Waals surface area (Å²) in [4.78, 5) is 35.7. The Bertz CT molecular complexity index is 1210. The number of nitrogen functional groups attached to an aromatic ring is 1. The summed E-state index contributed by atoms with van der Waals surface area (Å²) in [5, 5.41) is 0.949. The second kappa shape index (κ2) is 8.74. The molecule has 32 heavy (non-hydrogen) atoms. The van der Waals surface area contributed by atoms with E-state index < -0.39 is 5.97 Å². The molecule has 166 valence electrons. The average molecular weight is 454 g/mol. The second-order valence-electron chi connectivity index (χ2n) is 7.86. The minimum absolute atomic E-state index is 0.0295. The Labute approximate surface area is 188 Å². The van der Waals surface area contributed by atoms with Crippen LogP contribution in [-0.4, -0.2) is 34.9 Å². The molecule has 0 saturated carbocycles. The smallest absolute Gasteiger partial charge is 0.306 e. The topological polar surface area (TPSA) is 114 Å². The highest BCUT2D eigenvalue weighted by Gasteiger charge is 2.21. The van der Waals surface area contributed by atoms with E-state index in [1.165, 1.54) is 16.9 Å². The Kier molecular flexibility index (Phi) is 5.65. The fourth-order valence-corrected chi connectivity index (χ4v) is 5.38. The predicted octanol–water partition coefficient (Wildman–Crippen LogP) is 3.63. The van der Waals surface area contributed by atoms with E-state index in [1.807, 2.05) is 0 Å². The van der Waals surface area contributed by atoms with Gasteiger partial charge in [0.2, 0.25) is 0 Å². The highest BCUT2D eigenvalue weighted by Crippen LogP contribution is 2.37. The van der Waals surface area contributed by atoms with E-state index in [2.05, 4.69) is 9.97 Å². The van der Waals surface area contributed by atoms with Gasteiger partial charge in [0.1, 0.15) is 23.9 Å². The third kappa shape index (κ3) is 4.12. The lowest BCUT2D eigenvalue weighted by Gasteiger charge is -2.18. The van der Waals surface area contributed by atoms with Crippen molar-refractivity contribution in [2.75, 3.05) is 18.9 Å². The van der Waals surface area contributed by atoms with E-state index in [9.17, 15) is 9.59 Å². The number of aromatic nitrogens is 2. The minimum atomic E-state index is -0.483. The number of hydrogen-bond acceptors (Lipinski definition) is 9. The number of carbonyl (C=O) groups is 2. The summed E-state index contributed by atoms with van der Waals surface area (Å²) in [6.45, 7) is 0.867. The van der Waals surface area contributed by atoms with Gasteiger partial charge in [0, 0.05) is 16.9 Å². The maximum atomic E-state index is 12.5. The monoisotopic (exact) mass is 453 g/mol. The molecule has 0 radical (unpaired) electrons. The number of nitrogens with two attached hydrogens (primary N) is 1. The molecule has 0 atom stereocenters. The lowest BCUT2D eigenvalue weighted by atomic mass is 9.97. The first-order valence-electron chi connectivity index (χ1n) is 10.7. The van der Waals surface area contributed by atoms with Crippen molar-refractivity contribution in [2.24, 2.45) is 0 Å². The number of ketones is 1. The Balaban J connectivity index is 1.18. The number of esters is 1. The highest BCUT2D eigenvalue weighted by atomic mass is 32.1. The number of carbonyl (C=O) groups excluding carboxylic acids is 2. The maximum Gasteiger partial charge on any atom is 0.306 e. The molecule has 0 amide bonds. The molecule has 0 spiro atoms. The Morgan fingerprint density at radius 3 is 2.75 bits per heavy atom. The number of ether oxygens (including phenoxy) is 3. The third-order valence-electron chi connectivity index (χ3n) is 5.67. The minimum Gasteiger partial charge on any atom is -0.486 e. The molecule has 9 heteroatoms. The Morgan fingerprint density at radius 2 is 1.88 bits per heavy atom. The molecular formula is C23H23N3O5S. The SMILES string of the molecule is Nc1nc(COC(=O)CCC(=O)c2ccc3c(c2)OCCO3)nc2sc3c(c12)CCCC3. The van der Waals surface area contributed by atoms with Crippen LogP contribution >= 0.6 is 11.3 Å². The van der Waals surface area contributed by atoms with E-state index >= 15 is 0 Å². The first-order chi connectivity index (χ1) is 15.6. The van der Waals surface area contributed by atoms with E-state index in [4.69, 9.17) is 19.9 Å². The van der Waals surface area contributed by atoms with Crippen LogP contribution in [0.4, 0.5) is 5.82 Å². The van der Waals surface area contributed by atoms with E-state index in [0.717, 1.165) is 29.5 Å². The van der Waals surface area contributed by atoms with Crippen LogP contribution in [0.5, 0.6) is 11.5 Å². The van der Waals surface area contributed by atoms with Crippen molar-refractivity contribution >= 4 is 39.1 Å². The standard InChI is InChI=1S/C23H23N3O5S/c24-22-21-14-3-1-2-4-18(14)32-23(21)26-19(25-22)12-31-20(28)8-6-15(27)13-5-7-16-17(11-13)30-10-9-29-16/h5,7,11H,1-4,6,8-10,12H2,(H2,24,25,26).